The van der Waals surface area contributed by atoms with Crippen molar-refractivity contribution in [1.29, 1.82) is 0 Å². The summed E-state index contributed by atoms with van der Waals surface area (Å²) in [6.45, 7) is 2.31. The largest absolute Gasteiger partial charge is 0.390 e. The van der Waals surface area contributed by atoms with Gasteiger partial charge < -0.3 is 5.11 Å². The molecule has 3 aliphatic rings. The van der Waals surface area contributed by atoms with Gasteiger partial charge in [-0.1, -0.05) is 12.8 Å². The Kier molecular flexibility index (Phi) is 3.62. The van der Waals surface area contributed by atoms with Gasteiger partial charge in [0, 0.05) is 32.1 Å². The Balaban J connectivity index is 1.73. The van der Waals surface area contributed by atoms with Crippen LogP contribution in [0.2, 0.25) is 0 Å². The van der Waals surface area contributed by atoms with Crippen LogP contribution in [0, 0.1) is 5.92 Å². The van der Waals surface area contributed by atoms with Crippen LogP contribution in [0.4, 0.5) is 0 Å². The zero-order valence-electron chi connectivity index (χ0n) is 11.4. The monoisotopic (exact) mass is 288 g/mol. The Morgan fingerprint density at radius 2 is 1.68 bits per heavy atom. The fraction of sp³-hybridized carbons (Fsp3) is 1.00. The summed E-state index contributed by atoms with van der Waals surface area (Å²) < 4.78 is 28.3. The molecule has 2 aliphatic heterocycles. The lowest BCUT2D eigenvalue weighted by atomic mass is 9.72. The first kappa shape index (κ1) is 13.8. The van der Waals surface area contributed by atoms with Crippen LogP contribution in [-0.2, 0) is 10.2 Å². The van der Waals surface area contributed by atoms with Gasteiger partial charge in [0.15, 0.2) is 0 Å². The van der Waals surface area contributed by atoms with Gasteiger partial charge in [0.25, 0.3) is 10.2 Å². The minimum atomic E-state index is -3.28. The average Bonchev–Trinajstić information content (AvgIpc) is 2.92. The van der Waals surface area contributed by atoms with Crippen molar-refractivity contribution in [2.45, 2.75) is 50.5 Å². The lowest BCUT2D eigenvalue weighted by Gasteiger charge is -2.47. The Morgan fingerprint density at radius 3 is 2.42 bits per heavy atom. The molecule has 3 rings (SSSR count). The van der Waals surface area contributed by atoms with E-state index in [1.54, 1.807) is 8.61 Å². The predicted octanol–water partition coefficient (Wildman–Crippen LogP) is 0.954. The van der Waals surface area contributed by atoms with E-state index in [0.29, 0.717) is 32.6 Å². The lowest BCUT2D eigenvalue weighted by molar-refractivity contribution is -0.0822. The zero-order chi connectivity index (χ0) is 13.5. The summed E-state index contributed by atoms with van der Waals surface area (Å²) in [5.41, 5.74) is -0.602. The normalized spacial score (nSPS) is 38.3. The highest BCUT2D eigenvalue weighted by molar-refractivity contribution is 7.86. The first-order valence-electron chi connectivity index (χ1n) is 7.50. The van der Waals surface area contributed by atoms with Crippen molar-refractivity contribution in [2.75, 3.05) is 26.2 Å². The molecule has 6 heteroatoms. The molecule has 110 valence electrons. The van der Waals surface area contributed by atoms with Crippen molar-refractivity contribution in [1.82, 2.24) is 8.61 Å². The zero-order valence-corrected chi connectivity index (χ0v) is 12.2. The summed E-state index contributed by atoms with van der Waals surface area (Å²) in [7, 11) is -3.28. The van der Waals surface area contributed by atoms with Crippen LogP contribution >= 0.6 is 0 Å². The predicted molar refractivity (Wildman–Crippen MR) is 72.8 cm³/mol. The molecule has 2 saturated heterocycles. The molecule has 19 heavy (non-hydrogen) atoms. The molecule has 1 saturated carbocycles. The topological polar surface area (TPSA) is 60.9 Å². The number of fused-ring (bicyclic) bond motifs is 1. The molecule has 1 aliphatic carbocycles. The third-order valence-corrected chi connectivity index (χ3v) is 7.11. The van der Waals surface area contributed by atoms with Gasteiger partial charge >= 0.3 is 0 Å². The maximum absolute atomic E-state index is 12.5. The minimum Gasteiger partial charge on any atom is -0.390 e. The third-order valence-electron chi connectivity index (χ3n) is 5.11. The van der Waals surface area contributed by atoms with Crippen molar-refractivity contribution in [2.24, 2.45) is 5.92 Å². The van der Waals surface area contributed by atoms with Gasteiger partial charge in [0.05, 0.1) is 5.60 Å². The van der Waals surface area contributed by atoms with Crippen LogP contribution < -0.4 is 0 Å². The molecule has 2 atom stereocenters. The molecule has 3 fully saturated rings. The van der Waals surface area contributed by atoms with E-state index in [4.69, 9.17) is 0 Å². The van der Waals surface area contributed by atoms with Crippen LogP contribution in [0.25, 0.3) is 0 Å². The highest BCUT2D eigenvalue weighted by Crippen LogP contribution is 2.40. The molecule has 1 N–H and O–H groups in total. The third kappa shape index (κ3) is 2.44. The summed E-state index contributed by atoms with van der Waals surface area (Å²) in [4.78, 5) is 0. The lowest BCUT2D eigenvalue weighted by Crippen LogP contribution is -2.56. The molecular weight excluding hydrogens is 264 g/mol. The van der Waals surface area contributed by atoms with Crippen LogP contribution in [-0.4, -0.2) is 53.9 Å². The van der Waals surface area contributed by atoms with Gasteiger partial charge in [-0.15, -0.1) is 0 Å². The van der Waals surface area contributed by atoms with Gasteiger partial charge in [-0.25, -0.2) is 0 Å². The second-order valence-electron chi connectivity index (χ2n) is 6.27. The number of hydrogen-bond acceptors (Lipinski definition) is 3. The Hall–Kier alpha value is -0.170. The Morgan fingerprint density at radius 1 is 0.947 bits per heavy atom. The van der Waals surface area contributed by atoms with E-state index in [2.05, 4.69) is 0 Å². The maximum atomic E-state index is 12.5. The van der Waals surface area contributed by atoms with E-state index in [-0.39, 0.29) is 5.92 Å². The second-order valence-corrected chi connectivity index (χ2v) is 8.20. The summed E-state index contributed by atoms with van der Waals surface area (Å²) in [5, 5.41) is 10.6. The van der Waals surface area contributed by atoms with Crippen LogP contribution in [0.1, 0.15) is 44.9 Å². The van der Waals surface area contributed by atoms with Crippen LogP contribution in [0.5, 0.6) is 0 Å². The fourth-order valence-electron chi connectivity index (χ4n) is 3.83. The minimum absolute atomic E-state index is 0.132. The number of nitrogens with zero attached hydrogens (tertiary/aromatic N) is 2. The first-order valence-corrected chi connectivity index (χ1v) is 8.90. The van der Waals surface area contributed by atoms with E-state index in [1.165, 1.54) is 0 Å². The van der Waals surface area contributed by atoms with Gasteiger partial charge in [0.1, 0.15) is 0 Å². The molecular formula is C13H24N2O3S. The van der Waals surface area contributed by atoms with Gasteiger partial charge in [-0.05, 0) is 32.1 Å². The van der Waals surface area contributed by atoms with Crippen molar-refractivity contribution in [3.05, 3.63) is 0 Å². The van der Waals surface area contributed by atoms with E-state index in [9.17, 15) is 13.5 Å². The smallest absolute Gasteiger partial charge is 0.281 e. The molecule has 5 nitrogen and oxygen atoms in total. The SMILES string of the molecule is O=S(=O)(N1CCCC1)N1CCC2(O)CCCCC2C1. The van der Waals surface area contributed by atoms with Crippen molar-refractivity contribution in [3.8, 4) is 0 Å². The highest BCUT2D eigenvalue weighted by Gasteiger charge is 2.46. The molecule has 0 radical (unpaired) electrons. The second kappa shape index (κ2) is 4.98. The van der Waals surface area contributed by atoms with E-state index >= 15 is 0 Å². The van der Waals surface area contributed by atoms with Crippen LogP contribution in [0.15, 0.2) is 0 Å². The van der Waals surface area contributed by atoms with Crippen molar-refractivity contribution >= 4 is 10.2 Å². The number of hydrogen-bond donors (Lipinski definition) is 1. The number of rotatable bonds is 2. The molecule has 0 aromatic carbocycles. The standard InChI is InChI=1S/C13H24N2O3S/c16-13-6-2-1-5-12(13)11-15(10-7-13)19(17,18)14-8-3-4-9-14/h12,16H,1-11H2. The van der Waals surface area contributed by atoms with Crippen molar-refractivity contribution < 1.29 is 13.5 Å². The Labute approximate surface area is 115 Å². The molecule has 0 spiro atoms. The number of piperidine rings is 1. The maximum Gasteiger partial charge on any atom is 0.281 e. The van der Waals surface area contributed by atoms with Crippen LogP contribution in [0.3, 0.4) is 0 Å². The molecule has 2 heterocycles. The summed E-state index contributed by atoms with van der Waals surface area (Å²) in [6.07, 6.45) is 6.54. The van der Waals surface area contributed by atoms with Crippen molar-refractivity contribution in [3.63, 3.8) is 0 Å². The van der Waals surface area contributed by atoms with E-state index in [0.717, 1.165) is 38.5 Å². The van der Waals surface area contributed by atoms with Gasteiger partial charge in [0.2, 0.25) is 0 Å². The highest BCUT2D eigenvalue weighted by atomic mass is 32.2. The summed E-state index contributed by atoms with van der Waals surface area (Å²) in [6, 6.07) is 0. The fourth-order valence-corrected chi connectivity index (χ4v) is 5.57. The molecule has 0 bridgehead atoms. The van der Waals surface area contributed by atoms with Gasteiger partial charge in [-0.3, -0.25) is 0 Å². The Bertz CT molecular complexity index is 433. The quantitative estimate of drug-likeness (QED) is 0.823. The van der Waals surface area contributed by atoms with E-state index < -0.39 is 15.8 Å². The molecule has 2 unspecified atom stereocenters. The summed E-state index contributed by atoms with van der Waals surface area (Å²) in [5.74, 6) is 0.132. The summed E-state index contributed by atoms with van der Waals surface area (Å²) >= 11 is 0. The molecule has 0 aromatic heterocycles. The average molecular weight is 288 g/mol. The molecule has 0 amide bonds. The first-order chi connectivity index (χ1) is 9.02. The number of aliphatic hydroxyl groups is 1. The van der Waals surface area contributed by atoms with E-state index in [1.807, 2.05) is 0 Å². The molecule has 0 aromatic rings. The van der Waals surface area contributed by atoms with Gasteiger partial charge in [-0.2, -0.15) is 17.0 Å².